The van der Waals surface area contributed by atoms with Gasteiger partial charge in [-0.15, -0.1) is 0 Å². The zero-order valence-corrected chi connectivity index (χ0v) is 13.3. The number of anilines is 1. The van der Waals surface area contributed by atoms with Crippen molar-refractivity contribution in [1.82, 2.24) is 4.98 Å². The number of rotatable bonds is 3. The second kappa shape index (κ2) is 6.39. The Hall–Kier alpha value is -2.38. The Labute approximate surface area is 137 Å². The summed E-state index contributed by atoms with van der Waals surface area (Å²) in [6, 6.07) is 16.1. The highest BCUT2D eigenvalue weighted by atomic mass is 16.3. The molecule has 1 aromatic carbocycles. The first-order chi connectivity index (χ1) is 11.1. The molecule has 0 unspecified atom stereocenters. The van der Waals surface area contributed by atoms with Crippen LogP contribution in [0.5, 0.6) is 0 Å². The first-order valence-electron chi connectivity index (χ1n) is 7.96. The third-order valence-electron chi connectivity index (χ3n) is 4.73. The van der Waals surface area contributed by atoms with Crippen LogP contribution in [0.2, 0.25) is 0 Å². The zero-order valence-electron chi connectivity index (χ0n) is 13.3. The van der Waals surface area contributed by atoms with Crippen molar-refractivity contribution in [2.75, 3.05) is 18.0 Å². The first-order valence-corrected chi connectivity index (χ1v) is 7.96. The van der Waals surface area contributed by atoms with Gasteiger partial charge in [0.05, 0.1) is 11.2 Å². The molecule has 4 nitrogen and oxygen atoms in total. The van der Waals surface area contributed by atoms with Crippen LogP contribution in [-0.4, -0.2) is 28.8 Å². The van der Waals surface area contributed by atoms with Crippen LogP contribution in [0.25, 0.3) is 0 Å². The van der Waals surface area contributed by atoms with E-state index in [4.69, 9.17) is 5.26 Å². The molecule has 0 amide bonds. The van der Waals surface area contributed by atoms with Gasteiger partial charge in [0.15, 0.2) is 0 Å². The molecule has 0 spiro atoms. The van der Waals surface area contributed by atoms with Gasteiger partial charge in [-0.1, -0.05) is 30.3 Å². The largest absolute Gasteiger partial charge is 0.390 e. The number of hydrogen-bond donors (Lipinski definition) is 1. The maximum absolute atomic E-state index is 10.8. The molecule has 1 aliphatic rings. The van der Waals surface area contributed by atoms with Crippen LogP contribution in [0.1, 0.15) is 24.5 Å². The second-order valence-corrected chi connectivity index (χ2v) is 6.46. The van der Waals surface area contributed by atoms with Crippen molar-refractivity contribution in [3.63, 3.8) is 0 Å². The summed E-state index contributed by atoms with van der Waals surface area (Å²) in [5, 5.41) is 19.6. The van der Waals surface area contributed by atoms with Gasteiger partial charge < -0.3 is 10.0 Å². The van der Waals surface area contributed by atoms with Gasteiger partial charge in [-0.2, -0.15) is 5.26 Å². The van der Waals surface area contributed by atoms with Crippen LogP contribution in [0.15, 0.2) is 48.7 Å². The Kier molecular flexibility index (Phi) is 4.31. The average molecular weight is 307 g/mol. The summed E-state index contributed by atoms with van der Waals surface area (Å²) in [7, 11) is 0. The molecule has 1 N–H and O–H groups in total. The molecule has 4 heteroatoms. The number of aliphatic hydroxyl groups is 1. The minimum atomic E-state index is -0.668. The number of hydrogen-bond acceptors (Lipinski definition) is 4. The van der Waals surface area contributed by atoms with E-state index in [0.29, 0.717) is 12.0 Å². The van der Waals surface area contributed by atoms with E-state index in [2.05, 4.69) is 28.1 Å². The average Bonchev–Trinajstić information content (AvgIpc) is 2.58. The third-order valence-corrected chi connectivity index (χ3v) is 4.73. The molecule has 23 heavy (non-hydrogen) atoms. The molecule has 1 aromatic heterocycles. The normalized spacial score (nSPS) is 24.2. The zero-order chi connectivity index (χ0) is 16.3. The van der Waals surface area contributed by atoms with Crippen LogP contribution in [-0.2, 0) is 6.42 Å². The number of pyridine rings is 1. The van der Waals surface area contributed by atoms with Crippen molar-refractivity contribution in [2.45, 2.75) is 25.4 Å². The van der Waals surface area contributed by atoms with Crippen LogP contribution < -0.4 is 4.90 Å². The molecule has 118 valence electrons. The van der Waals surface area contributed by atoms with E-state index in [1.54, 1.807) is 12.3 Å². The topological polar surface area (TPSA) is 60.1 Å². The number of piperidine rings is 1. The molecule has 1 aliphatic heterocycles. The maximum atomic E-state index is 10.8. The van der Waals surface area contributed by atoms with E-state index in [0.717, 1.165) is 25.3 Å². The summed E-state index contributed by atoms with van der Waals surface area (Å²) in [6.45, 7) is 3.47. The Bertz CT molecular complexity index is 689. The molecule has 1 saturated heterocycles. The number of nitriles is 1. The minimum Gasteiger partial charge on any atom is -0.390 e. The van der Waals surface area contributed by atoms with E-state index in [1.807, 2.05) is 31.2 Å². The van der Waals surface area contributed by atoms with Gasteiger partial charge in [-0.3, -0.25) is 0 Å². The number of nitrogens with zero attached hydrogens (tertiary/aromatic N) is 3. The Morgan fingerprint density at radius 3 is 2.74 bits per heavy atom. The Morgan fingerprint density at radius 2 is 2.09 bits per heavy atom. The van der Waals surface area contributed by atoms with Gasteiger partial charge >= 0.3 is 0 Å². The molecule has 0 aliphatic carbocycles. The monoisotopic (exact) mass is 307 g/mol. The molecular formula is C19H21N3O. The lowest BCUT2D eigenvalue weighted by Crippen LogP contribution is -2.51. The quantitative estimate of drug-likeness (QED) is 0.947. The Balaban J connectivity index is 1.76. The fraction of sp³-hybridized carbons (Fsp3) is 0.368. The fourth-order valence-electron chi connectivity index (χ4n) is 3.15. The maximum Gasteiger partial charge on any atom is 0.128 e. The molecule has 2 aromatic rings. The second-order valence-electron chi connectivity index (χ2n) is 6.46. The van der Waals surface area contributed by atoms with Gasteiger partial charge in [0.25, 0.3) is 0 Å². The van der Waals surface area contributed by atoms with E-state index >= 15 is 0 Å². The van der Waals surface area contributed by atoms with Crippen LogP contribution in [0.4, 0.5) is 5.82 Å². The van der Waals surface area contributed by atoms with E-state index in [1.165, 1.54) is 5.56 Å². The lowest BCUT2D eigenvalue weighted by Gasteiger charge is -2.43. The summed E-state index contributed by atoms with van der Waals surface area (Å²) < 4.78 is 0. The summed E-state index contributed by atoms with van der Waals surface area (Å²) in [4.78, 5) is 6.59. The van der Waals surface area contributed by atoms with Gasteiger partial charge in [0.1, 0.15) is 11.9 Å². The summed E-state index contributed by atoms with van der Waals surface area (Å²) in [5.74, 6) is 1.02. The molecule has 2 heterocycles. The van der Waals surface area contributed by atoms with Crippen molar-refractivity contribution in [2.24, 2.45) is 5.92 Å². The standard InChI is InChI=1S/C19H21N3O/c1-19(23)9-10-22(18-8-7-16(12-20)13-21-18)14-17(19)11-15-5-3-2-4-6-15/h2-8,13,17,23H,9-11,14H2,1H3/t17-,19+/m0/s1. The van der Waals surface area contributed by atoms with Crippen molar-refractivity contribution >= 4 is 5.82 Å². The van der Waals surface area contributed by atoms with Crippen molar-refractivity contribution < 1.29 is 5.11 Å². The number of benzene rings is 1. The molecular weight excluding hydrogens is 286 g/mol. The minimum absolute atomic E-state index is 0.149. The third kappa shape index (κ3) is 3.52. The van der Waals surface area contributed by atoms with Gasteiger partial charge in [-0.25, -0.2) is 4.98 Å². The molecule has 0 bridgehead atoms. The van der Waals surface area contributed by atoms with Crippen molar-refractivity contribution in [3.05, 3.63) is 59.8 Å². The Morgan fingerprint density at radius 1 is 1.30 bits per heavy atom. The molecule has 3 rings (SSSR count). The van der Waals surface area contributed by atoms with Crippen molar-refractivity contribution in [3.8, 4) is 6.07 Å². The SMILES string of the molecule is C[C@@]1(O)CCN(c2ccc(C#N)cn2)C[C@@H]1Cc1ccccc1. The predicted molar refractivity (Wildman–Crippen MR) is 90.0 cm³/mol. The molecule has 0 saturated carbocycles. The van der Waals surface area contributed by atoms with Crippen LogP contribution in [0, 0.1) is 17.2 Å². The van der Waals surface area contributed by atoms with Crippen LogP contribution in [0.3, 0.4) is 0 Å². The van der Waals surface area contributed by atoms with Gasteiger partial charge in [0.2, 0.25) is 0 Å². The lowest BCUT2D eigenvalue weighted by atomic mass is 9.79. The van der Waals surface area contributed by atoms with Crippen LogP contribution >= 0.6 is 0 Å². The van der Waals surface area contributed by atoms with Crippen molar-refractivity contribution in [1.29, 1.82) is 5.26 Å². The molecule has 0 radical (unpaired) electrons. The lowest BCUT2D eigenvalue weighted by molar-refractivity contribution is -0.0168. The fourth-order valence-corrected chi connectivity index (χ4v) is 3.15. The molecule has 1 fully saturated rings. The predicted octanol–water partition coefficient (Wildman–Crippen LogP) is 2.77. The smallest absolute Gasteiger partial charge is 0.128 e. The summed E-state index contributed by atoms with van der Waals surface area (Å²) in [5.41, 5.74) is 1.14. The highest BCUT2D eigenvalue weighted by molar-refractivity contribution is 5.42. The first kappa shape index (κ1) is 15.5. The van der Waals surface area contributed by atoms with E-state index < -0.39 is 5.60 Å². The van der Waals surface area contributed by atoms with Gasteiger partial charge in [0, 0.05) is 25.2 Å². The summed E-state index contributed by atoms with van der Waals surface area (Å²) in [6.07, 6.45) is 3.17. The highest BCUT2D eigenvalue weighted by Crippen LogP contribution is 2.32. The summed E-state index contributed by atoms with van der Waals surface area (Å²) >= 11 is 0. The molecule has 2 atom stereocenters. The highest BCUT2D eigenvalue weighted by Gasteiger charge is 2.37. The number of aromatic nitrogens is 1. The van der Waals surface area contributed by atoms with E-state index in [9.17, 15) is 5.11 Å². The van der Waals surface area contributed by atoms with E-state index in [-0.39, 0.29) is 5.92 Å². The van der Waals surface area contributed by atoms with Gasteiger partial charge in [-0.05, 0) is 37.5 Å².